The molecule has 14 heavy (non-hydrogen) atoms. The molecule has 0 aliphatic carbocycles. The maximum Gasteiger partial charge on any atom is 0.390 e. The highest BCUT2D eigenvalue weighted by atomic mass is 19.4. The summed E-state index contributed by atoms with van der Waals surface area (Å²) in [7, 11) is 1.54. The van der Waals surface area contributed by atoms with E-state index in [1.807, 2.05) is 13.8 Å². The molecule has 2 nitrogen and oxygen atoms in total. The van der Waals surface area contributed by atoms with Gasteiger partial charge in [-0.05, 0) is 5.92 Å². The van der Waals surface area contributed by atoms with Crippen LogP contribution in [0.4, 0.5) is 13.2 Å². The first-order valence-electron chi connectivity index (χ1n) is 4.66. The molecule has 0 saturated heterocycles. The van der Waals surface area contributed by atoms with Crippen molar-refractivity contribution in [3.63, 3.8) is 0 Å². The van der Waals surface area contributed by atoms with Gasteiger partial charge in [-0.3, -0.25) is 0 Å². The highest BCUT2D eigenvalue weighted by Gasteiger charge is 2.26. The summed E-state index contributed by atoms with van der Waals surface area (Å²) in [4.78, 5) is 0. The van der Waals surface area contributed by atoms with E-state index < -0.39 is 12.6 Å². The van der Waals surface area contributed by atoms with E-state index in [9.17, 15) is 13.2 Å². The van der Waals surface area contributed by atoms with Gasteiger partial charge in [0, 0.05) is 19.7 Å². The van der Waals surface area contributed by atoms with E-state index in [2.05, 4.69) is 5.32 Å². The SMILES string of the molecule is COCC(NCCC(F)(F)F)C(C)C. The van der Waals surface area contributed by atoms with Crippen LogP contribution in [0, 0.1) is 5.92 Å². The molecule has 0 rings (SSSR count). The molecule has 0 aromatic heterocycles. The van der Waals surface area contributed by atoms with Gasteiger partial charge in [0.2, 0.25) is 0 Å². The van der Waals surface area contributed by atoms with Crippen LogP contribution in [0.1, 0.15) is 20.3 Å². The van der Waals surface area contributed by atoms with E-state index in [4.69, 9.17) is 4.74 Å². The maximum absolute atomic E-state index is 11.8. The Morgan fingerprint density at radius 2 is 1.86 bits per heavy atom. The molecular weight excluding hydrogens is 195 g/mol. The van der Waals surface area contributed by atoms with Crippen molar-refractivity contribution in [2.24, 2.45) is 5.92 Å². The molecule has 0 radical (unpaired) electrons. The Morgan fingerprint density at radius 3 is 2.21 bits per heavy atom. The molecule has 1 unspecified atom stereocenters. The number of halogens is 3. The van der Waals surface area contributed by atoms with E-state index in [0.29, 0.717) is 6.61 Å². The maximum atomic E-state index is 11.8. The zero-order valence-corrected chi connectivity index (χ0v) is 8.82. The van der Waals surface area contributed by atoms with Crippen molar-refractivity contribution in [2.75, 3.05) is 20.3 Å². The number of hydrogen-bond donors (Lipinski definition) is 1. The predicted molar refractivity (Wildman–Crippen MR) is 49.2 cm³/mol. The third-order valence-electron chi connectivity index (χ3n) is 1.97. The standard InChI is InChI=1S/C9H18F3NO/c1-7(2)8(6-14-3)13-5-4-9(10,11)12/h7-8,13H,4-6H2,1-3H3. The molecule has 1 N–H and O–H groups in total. The number of ether oxygens (including phenoxy) is 1. The topological polar surface area (TPSA) is 21.3 Å². The van der Waals surface area contributed by atoms with E-state index in [1.165, 1.54) is 0 Å². The molecule has 5 heteroatoms. The summed E-state index contributed by atoms with van der Waals surface area (Å²) in [5.74, 6) is 0.267. The number of hydrogen-bond acceptors (Lipinski definition) is 2. The highest BCUT2D eigenvalue weighted by Crippen LogP contribution is 2.18. The van der Waals surface area contributed by atoms with Crippen molar-refractivity contribution in [1.82, 2.24) is 5.32 Å². The second-order valence-electron chi connectivity index (χ2n) is 3.63. The van der Waals surface area contributed by atoms with Gasteiger partial charge in [0.1, 0.15) is 0 Å². The van der Waals surface area contributed by atoms with Gasteiger partial charge in [-0.15, -0.1) is 0 Å². The van der Waals surface area contributed by atoms with E-state index in [-0.39, 0.29) is 18.5 Å². The first-order chi connectivity index (χ1) is 6.37. The van der Waals surface area contributed by atoms with Crippen LogP contribution in [0.2, 0.25) is 0 Å². The molecule has 0 bridgehead atoms. The van der Waals surface area contributed by atoms with Crippen LogP contribution in [0.15, 0.2) is 0 Å². The van der Waals surface area contributed by atoms with Gasteiger partial charge >= 0.3 is 6.18 Å². The summed E-state index contributed by atoms with van der Waals surface area (Å²) < 4.78 is 40.4. The Balaban J connectivity index is 3.72. The summed E-state index contributed by atoms with van der Waals surface area (Å²) in [5.41, 5.74) is 0. The summed E-state index contributed by atoms with van der Waals surface area (Å²) in [5, 5.41) is 2.83. The van der Waals surface area contributed by atoms with Crippen LogP contribution >= 0.6 is 0 Å². The number of methoxy groups -OCH3 is 1. The van der Waals surface area contributed by atoms with Gasteiger partial charge in [-0.25, -0.2) is 0 Å². The lowest BCUT2D eigenvalue weighted by Crippen LogP contribution is -2.39. The molecule has 0 aliphatic heterocycles. The second kappa shape index (κ2) is 6.24. The zero-order chi connectivity index (χ0) is 11.2. The van der Waals surface area contributed by atoms with Gasteiger partial charge in [-0.2, -0.15) is 13.2 Å². The number of nitrogens with one attached hydrogen (secondary N) is 1. The molecule has 0 saturated carbocycles. The highest BCUT2D eigenvalue weighted by molar-refractivity contribution is 4.70. The molecule has 0 amide bonds. The van der Waals surface area contributed by atoms with Crippen LogP contribution < -0.4 is 5.32 Å². The molecule has 0 aromatic carbocycles. The van der Waals surface area contributed by atoms with Gasteiger partial charge in [-0.1, -0.05) is 13.8 Å². The average molecular weight is 213 g/mol. The molecule has 0 heterocycles. The van der Waals surface area contributed by atoms with Crippen molar-refractivity contribution >= 4 is 0 Å². The van der Waals surface area contributed by atoms with E-state index >= 15 is 0 Å². The zero-order valence-electron chi connectivity index (χ0n) is 8.82. The van der Waals surface area contributed by atoms with Crippen LogP contribution in [0.25, 0.3) is 0 Å². The Bertz CT molecular complexity index is 147. The van der Waals surface area contributed by atoms with E-state index in [1.54, 1.807) is 7.11 Å². The first-order valence-corrected chi connectivity index (χ1v) is 4.66. The Labute approximate surface area is 82.8 Å². The summed E-state index contributed by atoms with van der Waals surface area (Å²) >= 11 is 0. The molecule has 0 fully saturated rings. The summed E-state index contributed by atoms with van der Waals surface area (Å²) in [6.45, 7) is 4.29. The third kappa shape index (κ3) is 7.15. The van der Waals surface area contributed by atoms with Crippen LogP contribution in [-0.2, 0) is 4.74 Å². The van der Waals surface area contributed by atoms with Gasteiger partial charge in [0.05, 0.1) is 13.0 Å². The fourth-order valence-corrected chi connectivity index (χ4v) is 1.07. The van der Waals surface area contributed by atoms with Crippen molar-refractivity contribution < 1.29 is 17.9 Å². The predicted octanol–water partition coefficient (Wildman–Crippen LogP) is 2.20. The average Bonchev–Trinajstić information content (AvgIpc) is 2.00. The molecule has 86 valence electrons. The fourth-order valence-electron chi connectivity index (χ4n) is 1.07. The van der Waals surface area contributed by atoms with Gasteiger partial charge in [0.15, 0.2) is 0 Å². The first kappa shape index (κ1) is 13.7. The van der Waals surface area contributed by atoms with E-state index in [0.717, 1.165) is 0 Å². The fraction of sp³-hybridized carbons (Fsp3) is 1.00. The lowest BCUT2D eigenvalue weighted by molar-refractivity contribution is -0.133. The molecular formula is C9H18F3NO. The smallest absolute Gasteiger partial charge is 0.383 e. The monoisotopic (exact) mass is 213 g/mol. The molecule has 1 atom stereocenters. The lowest BCUT2D eigenvalue weighted by atomic mass is 10.1. The molecule has 0 spiro atoms. The second-order valence-corrected chi connectivity index (χ2v) is 3.63. The minimum atomic E-state index is -4.08. The lowest BCUT2D eigenvalue weighted by Gasteiger charge is -2.21. The van der Waals surface area contributed by atoms with Crippen LogP contribution in [0.3, 0.4) is 0 Å². The van der Waals surface area contributed by atoms with Crippen LogP contribution in [0.5, 0.6) is 0 Å². The van der Waals surface area contributed by atoms with Gasteiger partial charge < -0.3 is 10.1 Å². The van der Waals surface area contributed by atoms with Gasteiger partial charge in [0.25, 0.3) is 0 Å². The third-order valence-corrected chi connectivity index (χ3v) is 1.97. The largest absolute Gasteiger partial charge is 0.390 e. The Kier molecular flexibility index (Phi) is 6.11. The molecule has 0 aliphatic rings. The summed E-state index contributed by atoms with van der Waals surface area (Å²) in [6, 6.07) is -0.0117. The number of alkyl halides is 3. The van der Waals surface area contributed by atoms with Crippen molar-refractivity contribution in [2.45, 2.75) is 32.5 Å². The quantitative estimate of drug-likeness (QED) is 0.730. The minimum absolute atomic E-state index is 0.0117. The number of rotatable bonds is 6. The minimum Gasteiger partial charge on any atom is -0.383 e. The normalized spacial score (nSPS) is 14.8. The molecule has 0 aromatic rings. The van der Waals surface area contributed by atoms with Crippen molar-refractivity contribution in [3.05, 3.63) is 0 Å². The Hall–Kier alpha value is -0.290. The Morgan fingerprint density at radius 1 is 1.29 bits per heavy atom. The van der Waals surface area contributed by atoms with Crippen molar-refractivity contribution in [1.29, 1.82) is 0 Å². The van der Waals surface area contributed by atoms with Crippen molar-refractivity contribution in [3.8, 4) is 0 Å². The van der Waals surface area contributed by atoms with Crippen LogP contribution in [-0.4, -0.2) is 32.5 Å². The summed E-state index contributed by atoms with van der Waals surface area (Å²) in [6.07, 6.45) is -4.87.